The molecule has 0 aliphatic heterocycles. The van der Waals surface area contributed by atoms with Gasteiger partial charge in [0.25, 0.3) is 0 Å². The molecule has 0 saturated heterocycles. The number of halogens is 2. The molecule has 5 rings (SSSR count). The van der Waals surface area contributed by atoms with E-state index in [1.165, 1.54) is 6.07 Å². The number of fused-ring (bicyclic) bond motifs is 3. The Morgan fingerprint density at radius 2 is 1.89 bits per heavy atom. The lowest BCUT2D eigenvalue weighted by molar-refractivity contribution is -0.0506. The van der Waals surface area contributed by atoms with Crippen LogP contribution in [0.5, 0.6) is 5.75 Å². The molecule has 4 aromatic rings. The van der Waals surface area contributed by atoms with Gasteiger partial charge in [-0.25, -0.2) is 14.5 Å². The summed E-state index contributed by atoms with van der Waals surface area (Å²) < 4.78 is 33.3. The molecule has 0 spiro atoms. The third-order valence-electron chi connectivity index (χ3n) is 6.80. The van der Waals surface area contributed by atoms with E-state index in [4.69, 9.17) is 15.6 Å². The third-order valence-corrected chi connectivity index (χ3v) is 6.80. The molecule has 2 unspecified atom stereocenters. The van der Waals surface area contributed by atoms with Crippen LogP contribution in [0.15, 0.2) is 48.9 Å². The van der Waals surface area contributed by atoms with E-state index >= 15 is 0 Å². The number of alkyl halides is 2. The molecule has 8 nitrogen and oxygen atoms in total. The number of ether oxygens (including phenoxy) is 1. The van der Waals surface area contributed by atoms with Gasteiger partial charge in [0.2, 0.25) is 0 Å². The normalized spacial score (nSPS) is 17.5. The predicted octanol–water partition coefficient (Wildman–Crippen LogP) is 4.54. The lowest BCUT2D eigenvalue weighted by atomic mass is 9.88. The number of hydrogen-bond donors (Lipinski definition) is 1. The molecule has 0 radical (unpaired) electrons. The van der Waals surface area contributed by atoms with Gasteiger partial charge < -0.3 is 15.4 Å². The van der Waals surface area contributed by atoms with E-state index in [0.29, 0.717) is 29.7 Å². The Hall–Kier alpha value is -3.76. The van der Waals surface area contributed by atoms with Crippen LogP contribution >= 0.6 is 0 Å². The largest absolute Gasteiger partial charge is 0.434 e. The van der Waals surface area contributed by atoms with Crippen LogP contribution in [-0.4, -0.2) is 51.5 Å². The number of aromatic nitrogens is 4. The smallest absolute Gasteiger partial charge is 0.387 e. The second kappa shape index (κ2) is 9.28. The van der Waals surface area contributed by atoms with Gasteiger partial charge in [0, 0.05) is 46.8 Å². The van der Waals surface area contributed by atoms with E-state index in [2.05, 4.69) is 9.97 Å². The minimum absolute atomic E-state index is 0.00107. The molecule has 3 aromatic heterocycles. The Labute approximate surface area is 213 Å². The van der Waals surface area contributed by atoms with Crippen LogP contribution in [0.25, 0.3) is 16.6 Å². The zero-order valence-electron chi connectivity index (χ0n) is 21.0. The second-order valence-corrected chi connectivity index (χ2v) is 10.1. The Morgan fingerprint density at radius 3 is 2.51 bits per heavy atom. The van der Waals surface area contributed by atoms with Crippen molar-refractivity contribution in [1.29, 1.82) is 0 Å². The minimum atomic E-state index is -3.01. The van der Waals surface area contributed by atoms with Gasteiger partial charge in [-0.3, -0.25) is 4.79 Å². The number of nitrogens with two attached hydrogens (primary N) is 1. The molecule has 0 bridgehead atoms. The van der Waals surface area contributed by atoms with Gasteiger partial charge in [-0.15, -0.1) is 0 Å². The van der Waals surface area contributed by atoms with Crippen LogP contribution in [0.3, 0.4) is 0 Å². The summed E-state index contributed by atoms with van der Waals surface area (Å²) in [5, 5.41) is 4.85. The van der Waals surface area contributed by atoms with Gasteiger partial charge in [-0.1, -0.05) is 12.1 Å². The molecule has 10 heteroatoms. The van der Waals surface area contributed by atoms with Crippen LogP contribution in [0.2, 0.25) is 0 Å². The van der Waals surface area contributed by atoms with Crippen molar-refractivity contribution in [2.45, 2.75) is 44.4 Å². The summed E-state index contributed by atoms with van der Waals surface area (Å²) in [6.07, 6.45) is 6.58. The van der Waals surface area contributed by atoms with E-state index in [9.17, 15) is 13.6 Å². The van der Waals surface area contributed by atoms with Gasteiger partial charge in [-0.05, 0) is 58.1 Å². The molecule has 0 fully saturated rings. The van der Waals surface area contributed by atoms with E-state index in [0.717, 1.165) is 27.9 Å². The zero-order chi connectivity index (χ0) is 26.5. The van der Waals surface area contributed by atoms with Crippen LogP contribution in [-0.2, 0) is 5.54 Å². The first-order valence-corrected chi connectivity index (χ1v) is 11.9. The number of pyridine rings is 1. The molecule has 1 aromatic carbocycles. The number of hydrogen-bond acceptors (Lipinski definition) is 7. The van der Waals surface area contributed by atoms with Crippen molar-refractivity contribution in [2.75, 3.05) is 14.1 Å². The van der Waals surface area contributed by atoms with E-state index in [1.807, 2.05) is 51.2 Å². The first kappa shape index (κ1) is 24.9. The number of benzene rings is 1. The first-order chi connectivity index (χ1) is 17.6. The zero-order valence-corrected chi connectivity index (χ0v) is 21.0. The molecule has 192 valence electrons. The molecule has 2 atom stereocenters. The van der Waals surface area contributed by atoms with E-state index in [-0.39, 0.29) is 17.7 Å². The Morgan fingerprint density at radius 1 is 1.16 bits per heavy atom. The van der Waals surface area contributed by atoms with Crippen LogP contribution in [0.4, 0.5) is 8.78 Å². The van der Waals surface area contributed by atoms with E-state index < -0.39 is 12.2 Å². The monoisotopic (exact) mass is 506 g/mol. The topological polar surface area (TPSA) is 98.6 Å². The lowest BCUT2D eigenvalue weighted by Gasteiger charge is -2.22. The van der Waals surface area contributed by atoms with Crippen LogP contribution in [0.1, 0.15) is 65.2 Å². The lowest BCUT2D eigenvalue weighted by Crippen LogP contribution is -2.31. The number of rotatable bonds is 7. The van der Waals surface area contributed by atoms with Crippen molar-refractivity contribution in [2.24, 2.45) is 5.73 Å². The molecular formula is C27H28F2N6O2. The number of carbonyl (C=O) groups excluding carboxylic acids is 1. The highest BCUT2D eigenvalue weighted by atomic mass is 19.3. The quantitative estimate of drug-likeness (QED) is 0.368. The summed E-state index contributed by atoms with van der Waals surface area (Å²) in [5.41, 5.74) is 10.4. The summed E-state index contributed by atoms with van der Waals surface area (Å²) in [5.74, 6) is 0.161. The third kappa shape index (κ3) is 4.47. The Kier molecular flexibility index (Phi) is 6.25. The van der Waals surface area contributed by atoms with Gasteiger partial charge in [0.05, 0.1) is 22.8 Å². The predicted molar refractivity (Wildman–Crippen MR) is 135 cm³/mol. The number of nitrogens with zero attached hydrogens (tertiary/aromatic N) is 5. The van der Waals surface area contributed by atoms with Crippen molar-refractivity contribution >= 4 is 11.8 Å². The first-order valence-electron chi connectivity index (χ1n) is 11.9. The highest BCUT2D eigenvalue weighted by molar-refractivity contribution is 5.81. The van der Waals surface area contributed by atoms with Crippen molar-refractivity contribution in [3.8, 4) is 16.9 Å². The molecule has 2 N–H and O–H groups in total. The molecule has 37 heavy (non-hydrogen) atoms. The highest BCUT2D eigenvalue weighted by Crippen LogP contribution is 2.50. The molecular weight excluding hydrogens is 478 g/mol. The average molecular weight is 507 g/mol. The summed E-state index contributed by atoms with van der Waals surface area (Å²) in [7, 11) is 3.90. The van der Waals surface area contributed by atoms with Gasteiger partial charge in [0.15, 0.2) is 0 Å². The second-order valence-electron chi connectivity index (χ2n) is 10.1. The maximum atomic E-state index is 13.3. The SMILES string of the molecule is CN(C)C1CC(c2c(C=O)cccc2OC(F)F)c2c1nn1ccc(-c3cnc(C(C)(C)N)nc3)cc21. The van der Waals surface area contributed by atoms with Crippen LogP contribution in [0, 0.1) is 0 Å². The average Bonchev–Trinajstić information content (AvgIpc) is 3.40. The number of carbonyl (C=O) groups is 1. The molecule has 0 amide bonds. The maximum absolute atomic E-state index is 13.3. The number of aldehydes is 1. The minimum Gasteiger partial charge on any atom is -0.434 e. The van der Waals surface area contributed by atoms with Crippen molar-refractivity contribution in [3.63, 3.8) is 0 Å². The molecule has 1 aliphatic rings. The summed E-state index contributed by atoms with van der Waals surface area (Å²) in [6, 6.07) is 8.48. The Balaban J connectivity index is 1.68. The summed E-state index contributed by atoms with van der Waals surface area (Å²) >= 11 is 0. The van der Waals surface area contributed by atoms with Crippen LogP contribution < -0.4 is 10.5 Å². The van der Waals surface area contributed by atoms with Gasteiger partial charge in [0.1, 0.15) is 17.9 Å². The van der Waals surface area contributed by atoms with E-state index in [1.54, 1.807) is 29.0 Å². The maximum Gasteiger partial charge on any atom is 0.387 e. The van der Waals surface area contributed by atoms with Crippen molar-refractivity contribution in [3.05, 3.63) is 77.1 Å². The Bertz CT molecular complexity index is 1460. The fourth-order valence-corrected chi connectivity index (χ4v) is 5.08. The van der Waals surface area contributed by atoms with Crippen molar-refractivity contribution in [1.82, 2.24) is 24.5 Å². The molecule has 3 heterocycles. The standard InChI is InChI=1S/C27H28F2N6O2/c1-27(2,30)25-31-12-17(13-32-25)15-8-9-35-19(10-15)23-18(11-20(34(3)4)24(23)33-35)22-16(14-36)6-5-7-21(22)37-26(28)29/h5-10,12-14,18,20,26H,11,30H2,1-4H3. The van der Waals surface area contributed by atoms with Gasteiger partial charge >= 0.3 is 6.61 Å². The molecule has 1 aliphatic carbocycles. The summed E-state index contributed by atoms with van der Waals surface area (Å²) in [6.45, 7) is 0.672. The van der Waals surface area contributed by atoms with Crippen molar-refractivity contribution < 1.29 is 18.3 Å². The fraction of sp³-hybridized carbons (Fsp3) is 0.333. The van der Waals surface area contributed by atoms with Gasteiger partial charge in [-0.2, -0.15) is 13.9 Å². The summed E-state index contributed by atoms with van der Waals surface area (Å²) in [4.78, 5) is 22.9. The fourth-order valence-electron chi connectivity index (χ4n) is 5.08. The molecule has 0 saturated carbocycles. The highest BCUT2D eigenvalue weighted by Gasteiger charge is 2.40.